The van der Waals surface area contributed by atoms with E-state index in [2.05, 4.69) is 11.4 Å². The molecule has 3 heterocycles. The van der Waals surface area contributed by atoms with Gasteiger partial charge in [-0.3, -0.25) is 0 Å². The summed E-state index contributed by atoms with van der Waals surface area (Å²) in [7, 11) is 0. The van der Waals surface area contributed by atoms with E-state index in [-0.39, 0.29) is 0 Å². The molecule has 1 N–H and O–H groups in total. The van der Waals surface area contributed by atoms with E-state index in [4.69, 9.17) is 4.74 Å². The lowest BCUT2D eigenvalue weighted by atomic mass is 10.0. The Morgan fingerprint density at radius 3 is 2.80 bits per heavy atom. The molecular weight excluding hydrogens is 206 g/mol. The van der Waals surface area contributed by atoms with Gasteiger partial charge in [-0.25, -0.2) is 0 Å². The summed E-state index contributed by atoms with van der Waals surface area (Å²) < 4.78 is 6.02. The van der Waals surface area contributed by atoms with Gasteiger partial charge in [0, 0.05) is 22.7 Å². The Labute approximate surface area is 95.8 Å². The standard InChI is InChI=1S/C12H19NOS/c1-2-12(15-5-1)8-14-11-6-9-3-4-10(7-11)13-9/h2,9-11,13H,1,3-8H2. The van der Waals surface area contributed by atoms with Crippen LogP contribution in [-0.4, -0.2) is 30.5 Å². The summed E-state index contributed by atoms with van der Waals surface area (Å²) in [4.78, 5) is 1.46. The van der Waals surface area contributed by atoms with Crippen LogP contribution in [-0.2, 0) is 4.74 Å². The molecule has 0 spiro atoms. The van der Waals surface area contributed by atoms with Gasteiger partial charge in [0.2, 0.25) is 0 Å². The molecule has 2 saturated heterocycles. The topological polar surface area (TPSA) is 21.3 Å². The van der Waals surface area contributed by atoms with Gasteiger partial charge in [-0.1, -0.05) is 6.08 Å². The molecule has 0 aromatic rings. The van der Waals surface area contributed by atoms with Crippen molar-refractivity contribution in [2.24, 2.45) is 0 Å². The van der Waals surface area contributed by atoms with Crippen LogP contribution < -0.4 is 5.32 Å². The number of hydrogen-bond acceptors (Lipinski definition) is 3. The lowest BCUT2D eigenvalue weighted by molar-refractivity contribution is 0.0362. The molecule has 0 radical (unpaired) electrons. The van der Waals surface area contributed by atoms with Gasteiger partial charge in [0.1, 0.15) is 0 Å². The second-order valence-corrected chi connectivity index (χ2v) is 6.07. The van der Waals surface area contributed by atoms with E-state index in [9.17, 15) is 0 Å². The molecule has 2 unspecified atom stereocenters. The second-order valence-electron chi connectivity index (χ2n) is 4.85. The molecule has 3 aliphatic heterocycles. The monoisotopic (exact) mass is 225 g/mol. The summed E-state index contributed by atoms with van der Waals surface area (Å²) in [6, 6.07) is 1.50. The molecule has 2 bridgehead atoms. The predicted octanol–water partition coefficient (Wildman–Crippen LogP) is 2.31. The maximum atomic E-state index is 6.02. The molecule has 2 atom stereocenters. The van der Waals surface area contributed by atoms with Gasteiger partial charge in [0.05, 0.1) is 12.7 Å². The number of rotatable bonds is 3. The average molecular weight is 225 g/mol. The normalized spacial score (nSPS) is 39.5. The van der Waals surface area contributed by atoms with Crippen LogP contribution in [0.4, 0.5) is 0 Å². The molecule has 2 fully saturated rings. The van der Waals surface area contributed by atoms with Crippen LogP contribution in [0.3, 0.4) is 0 Å². The average Bonchev–Trinajstić information content (AvgIpc) is 2.86. The third-order valence-electron chi connectivity index (χ3n) is 3.67. The van der Waals surface area contributed by atoms with Crippen molar-refractivity contribution < 1.29 is 4.74 Å². The van der Waals surface area contributed by atoms with Crippen LogP contribution in [0.25, 0.3) is 0 Å². The van der Waals surface area contributed by atoms with Crippen molar-refractivity contribution in [3.05, 3.63) is 11.0 Å². The van der Waals surface area contributed by atoms with E-state index in [1.165, 1.54) is 42.8 Å². The summed E-state index contributed by atoms with van der Waals surface area (Å²) in [5.74, 6) is 1.26. The quantitative estimate of drug-likeness (QED) is 0.796. The lowest BCUT2D eigenvalue weighted by Crippen LogP contribution is -2.41. The molecule has 3 rings (SSSR count). The minimum absolute atomic E-state index is 0.519. The largest absolute Gasteiger partial charge is 0.373 e. The number of piperidine rings is 1. The second kappa shape index (κ2) is 4.48. The Kier molecular flexibility index (Phi) is 3.04. The Morgan fingerprint density at radius 2 is 2.13 bits per heavy atom. The third kappa shape index (κ3) is 2.40. The van der Waals surface area contributed by atoms with Crippen LogP contribution >= 0.6 is 11.8 Å². The number of ether oxygens (including phenoxy) is 1. The van der Waals surface area contributed by atoms with E-state index in [0.717, 1.165) is 18.7 Å². The Balaban J connectivity index is 1.47. The highest BCUT2D eigenvalue weighted by Crippen LogP contribution is 2.30. The number of nitrogens with one attached hydrogen (secondary N) is 1. The number of allylic oxidation sites excluding steroid dienone is 1. The molecule has 0 aromatic heterocycles. The van der Waals surface area contributed by atoms with Crippen molar-refractivity contribution in [1.82, 2.24) is 5.32 Å². The molecule has 3 aliphatic rings. The van der Waals surface area contributed by atoms with Crippen LogP contribution in [0.15, 0.2) is 11.0 Å². The fourth-order valence-electron chi connectivity index (χ4n) is 2.91. The van der Waals surface area contributed by atoms with Gasteiger partial charge in [-0.05, 0) is 32.1 Å². The Bertz CT molecular complexity index is 254. The van der Waals surface area contributed by atoms with E-state index in [0.29, 0.717) is 6.10 Å². The molecule has 84 valence electrons. The molecule has 0 aromatic carbocycles. The molecule has 0 saturated carbocycles. The van der Waals surface area contributed by atoms with Crippen molar-refractivity contribution in [2.45, 2.75) is 50.3 Å². The molecule has 0 amide bonds. The zero-order valence-corrected chi connectivity index (χ0v) is 9.89. The van der Waals surface area contributed by atoms with E-state index in [1.54, 1.807) is 0 Å². The first-order valence-electron chi connectivity index (χ1n) is 6.09. The summed E-state index contributed by atoms with van der Waals surface area (Å²) in [6.07, 6.45) is 9.28. The van der Waals surface area contributed by atoms with Gasteiger partial charge in [-0.2, -0.15) is 0 Å². The third-order valence-corrected chi connectivity index (χ3v) is 4.76. The van der Waals surface area contributed by atoms with E-state index >= 15 is 0 Å². The van der Waals surface area contributed by atoms with Crippen molar-refractivity contribution in [1.29, 1.82) is 0 Å². The Morgan fingerprint density at radius 1 is 1.33 bits per heavy atom. The van der Waals surface area contributed by atoms with Crippen molar-refractivity contribution >= 4 is 11.8 Å². The van der Waals surface area contributed by atoms with E-state index < -0.39 is 0 Å². The molecule has 0 aliphatic carbocycles. The van der Waals surface area contributed by atoms with Crippen LogP contribution in [0.5, 0.6) is 0 Å². The molecule has 3 heteroatoms. The summed E-state index contributed by atoms with van der Waals surface area (Å²) in [5.41, 5.74) is 0. The van der Waals surface area contributed by atoms with Crippen LogP contribution in [0.1, 0.15) is 32.1 Å². The summed E-state index contributed by atoms with van der Waals surface area (Å²) in [5, 5.41) is 3.65. The molecule has 15 heavy (non-hydrogen) atoms. The first-order chi connectivity index (χ1) is 7.40. The summed E-state index contributed by atoms with van der Waals surface area (Å²) in [6.45, 7) is 0.870. The van der Waals surface area contributed by atoms with Gasteiger partial charge < -0.3 is 10.1 Å². The highest BCUT2D eigenvalue weighted by molar-refractivity contribution is 8.03. The van der Waals surface area contributed by atoms with Gasteiger partial charge >= 0.3 is 0 Å². The van der Waals surface area contributed by atoms with Gasteiger partial charge in [0.25, 0.3) is 0 Å². The predicted molar refractivity (Wildman–Crippen MR) is 64.1 cm³/mol. The lowest BCUT2D eigenvalue weighted by Gasteiger charge is -2.29. The van der Waals surface area contributed by atoms with Crippen LogP contribution in [0.2, 0.25) is 0 Å². The molecule has 2 nitrogen and oxygen atoms in total. The maximum Gasteiger partial charge on any atom is 0.0776 e. The minimum Gasteiger partial charge on any atom is -0.373 e. The fraction of sp³-hybridized carbons (Fsp3) is 0.833. The maximum absolute atomic E-state index is 6.02. The number of hydrogen-bond donors (Lipinski definition) is 1. The van der Waals surface area contributed by atoms with E-state index in [1.807, 2.05) is 11.8 Å². The molecular formula is C12H19NOS. The van der Waals surface area contributed by atoms with Crippen molar-refractivity contribution in [3.63, 3.8) is 0 Å². The van der Waals surface area contributed by atoms with Crippen molar-refractivity contribution in [3.8, 4) is 0 Å². The summed E-state index contributed by atoms with van der Waals surface area (Å²) >= 11 is 1.97. The highest BCUT2D eigenvalue weighted by atomic mass is 32.2. The Hall–Kier alpha value is 0.0100. The number of thioether (sulfide) groups is 1. The fourth-order valence-corrected chi connectivity index (χ4v) is 3.80. The smallest absolute Gasteiger partial charge is 0.0776 e. The van der Waals surface area contributed by atoms with Crippen LogP contribution in [0, 0.1) is 0 Å². The zero-order chi connectivity index (χ0) is 10.1. The zero-order valence-electron chi connectivity index (χ0n) is 9.08. The SMILES string of the molecule is C1=C(COC2CC3CCC(C2)N3)SCC1. The first-order valence-corrected chi connectivity index (χ1v) is 7.08. The van der Waals surface area contributed by atoms with Gasteiger partial charge in [-0.15, -0.1) is 11.8 Å². The van der Waals surface area contributed by atoms with Crippen molar-refractivity contribution in [2.75, 3.05) is 12.4 Å². The number of fused-ring (bicyclic) bond motifs is 2. The first kappa shape index (κ1) is 10.2. The highest BCUT2D eigenvalue weighted by Gasteiger charge is 2.33. The van der Waals surface area contributed by atoms with Gasteiger partial charge in [0.15, 0.2) is 0 Å². The minimum atomic E-state index is 0.519.